The minimum absolute atomic E-state index is 0. The summed E-state index contributed by atoms with van der Waals surface area (Å²) in [5.74, 6) is 0.195. The number of fused-ring (bicyclic) bond motifs is 1. The molecule has 0 aliphatic carbocycles. The molecule has 0 amide bonds. The molecule has 15 heavy (non-hydrogen) atoms. The van der Waals surface area contributed by atoms with E-state index < -0.39 is 0 Å². The van der Waals surface area contributed by atoms with Crippen LogP contribution in [-0.2, 0) is 6.54 Å². The number of pyridine rings is 1. The molecular weight excluding hydrogens is 235 g/mol. The first-order valence-electron chi connectivity index (χ1n) is 4.08. The standard InChI is InChI=1S/C10H10N2O.2ClH/c11-6-8-4-3-7-2-1-5-12-9(7)10(8)13;;/h1-5,13H,6,11H2;2*1H. The van der Waals surface area contributed by atoms with Crippen molar-refractivity contribution < 1.29 is 5.11 Å². The van der Waals surface area contributed by atoms with Gasteiger partial charge in [-0.3, -0.25) is 4.98 Å². The Bertz CT molecular complexity index is 448. The third-order valence-electron chi connectivity index (χ3n) is 2.05. The molecule has 0 aliphatic rings. The largest absolute Gasteiger partial charge is 0.505 e. The van der Waals surface area contributed by atoms with Gasteiger partial charge in [-0.25, -0.2) is 0 Å². The number of rotatable bonds is 1. The molecule has 0 aliphatic heterocycles. The Morgan fingerprint density at radius 2 is 1.93 bits per heavy atom. The molecule has 0 atom stereocenters. The first-order valence-corrected chi connectivity index (χ1v) is 4.08. The van der Waals surface area contributed by atoms with Gasteiger partial charge in [0.25, 0.3) is 0 Å². The highest BCUT2D eigenvalue weighted by atomic mass is 35.5. The van der Waals surface area contributed by atoms with Gasteiger partial charge in [0.2, 0.25) is 0 Å². The summed E-state index contributed by atoms with van der Waals surface area (Å²) in [5, 5.41) is 10.6. The molecule has 1 heterocycles. The lowest BCUT2D eigenvalue weighted by Crippen LogP contribution is -1.96. The number of nitrogens with zero attached hydrogens (tertiary/aromatic N) is 1. The van der Waals surface area contributed by atoms with E-state index in [4.69, 9.17) is 5.73 Å². The van der Waals surface area contributed by atoms with E-state index in [1.807, 2.05) is 24.3 Å². The number of hydrogen-bond acceptors (Lipinski definition) is 3. The average Bonchev–Trinajstić information content (AvgIpc) is 2.19. The van der Waals surface area contributed by atoms with Gasteiger partial charge in [-0.2, -0.15) is 0 Å². The van der Waals surface area contributed by atoms with Crippen LogP contribution >= 0.6 is 24.8 Å². The summed E-state index contributed by atoms with van der Waals surface area (Å²) in [6, 6.07) is 7.47. The maximum Gasteiger partial charge on any atom is 0.146 e. The predicted octanol–water partition coefficient (Wildman–Crippen LogP) is 2.24. The number of phenols is 1. The van der Waals surface area contributed by atoms with Crippen molar-refractivity contribution >= 4 is 35.7 Å². The second-order valence-electron chi connectivity index (χ2n) is 2.85. The third kappa shape index (κ3) is 2.50. The minimum Gasteiger partial charge on any atom is -0.505 e. The van der Waals surface area contributed by atoms with E-state index >= 15 is 0 Å². The van der Waals surface area contributed by atoms with Gasteiger partial charge in [-0.15, -0.1) is 24.8 Å². The van der Waals surface area contributed by atoms with Gasteiger partial charge < -0.3 is 10.8 Å². The summed E-state index contributed by atoms with van der Waals surface area (Å²) in [6.07, 6.45) is 1.66. The molecule has 3 N–H and O–H groups in total. The fourth-order valence-electron chi connectivity index (χ4n) is 1.34. The normalized spacial score (nSPS) is 9.13. The molecular formula is C10H12Cl2N2O. The highest BCUT2D eigenvalue weighted by Gasteiger charge is 2.04. The van der Waals surface area contributed by atoms with Crippen molar-refractivity contribution in [1.82, 2.24) is 4.98 Å². The lowest BCUT2D eigenvalue weighted by molar-refractivity contribution is 0.473. The number of benzene rings is 1. The Morgan fingerprint density at radius 1 is 1.20 bits per heavy atom. The van der Waals surface area contributed by atoms with Crippen LogP contribution in [0.5, 0.6) is 5.75 Å². The maximum absolute atomic E-state index is 9.71. The topological polar surface area (TPSA) is 59.1 Å². The summed E-state index contributed by atoms with van der Waals surface area (Å²) in [5.41, 5.74) is 6.80. The summed E-state index contributed by atoms with van der Waals surface area (Å²) in [7, 11) is 0. The van der Waals surface area contributed by atoms with Crippen molar-refractivity contribution in [3.8, 4) is 5.75 Å². The molecule has 2 aromatic rings. The zero-order valence-electron chi connectivity index (χ0n) is 7.88. The quantitative estimate of drug-likeness (QED) is 0.812. The van der Waals surface area contributed by atoms with E-state index in [1.165, 1.54) is 0 Å². The van der Waals surface area contributed by atoms with E-state index in [0.717, 1.165) is 10.9 Å². The molecule has 82 valence electrons. The highest BCUT2D eigenvalue weighted by Crippen LogP contribution is 2.25. The SMILES string of the molecule is Cl.Cl.NCc1ccc2cccnc2c1O. The van der Waals surface area contributed by atoms with Crippen molar-refractivity contribution in [3.63, 3.8) is 0 Å². The Morgan fingerprint density at radius 3 is 2.60 bits per heavy atom. The van der Waals surface area contributed by atoms with Crippen LogP contribution in [-0.4, -0.2) is 10.1 Å². The number of aromatic hydroxyl groups is 1. The Labute approximate surface area is 100 Å². The minimum atomic E-state index is 0. The number of aromatic nitrogens is 1. The average molecular weight is 247 g/mol. The molecule has 1 aromatic carbocycles. The van der Waals surface area contributed by atoms with E-state index in [-0.39, 0.29) is 30.6 Å². The molecule has 0 saturated carbocycles. The van der Waals surface area contributed by atoms with Crippen LogP contribution in [0.3, 0.4) is 0 Å². The maximum atomic E-state index is 9.71. The Hall–Kier alpha value is -1.03. The molecule has 0 spiro atoms. The van der Waals surface area contributed by atoms with Gasteiger partial charge in [-0.1, -0.05) is 18.2 Å². The molecule has 0 fully saturated rings. The van der Waals surface area contributed by atoms with Crippen molar-refractivity contribution in [2.24, 2.45) is 5.73 Å². The van der Waals surface area contributed by atoms with Gasteiger partial charge >= 0.3 is 0 Å². The summed E-state index contributed by atoms with van der Waals surface area (Å²) in [6.45, 7) is 0.332. The third-order valence-corrected chi connectivity index (χ3v) is 2.05. The van der Waals surface area contributed by atoms with Crippen LogP contribution in [0, 0.1) is 0 Å². The van der Waals surface area contributed by atoms with Crippen LogP contribution in [0.4, 0.5) is 0 Å². The fraction of sp³-hybridized carbons (Fsp3) is 0.100. The Balaban J connectivity index is 0.000000980. The molecule has 5 heteroatoms. The highest BCUT2D eigenvalue weighted by molar-refractivity contribution is 5.86. The van der Waals surface area contributed by atoms with Gasteiger partial charge in [-0.05, 0) is 6.07 Å². The van der Waals surface area contributed by atoms with Gasteiger partial charge in [0.05, 0.1) is 0 Å². The van der Waals surface area contributed by atoms with Crippen molar-refractivity contribution in [2.75, 3.05) is 0 Å². The monoisotopic (exact) mass is 246 g/mol. The van der Waals surface area contributed by atoms with Gasteiger partial charge in [0, 0.05) is 23.7 Å². The zero-order valence-corrected chi connectivity index (χ0v) is 9.52. The fourth-order valence-corrected chi connectivity index (χ4v) is 1.34. The molecule has 1 aromatic heterocycles. The number of nitrogens with two attached hydrogens (primary N) is 1. The molecule has 2 rings (SSSR count). The van der Waals surface area contributed by atoms with Crippen LogP contribution < -0.4 is 5.73 Å². The van der Waals surface area contributed by atoms with Crippen molar-refractivity contribution in [1.29, 1.82) is 0 Å². The zero-order chi connectivity index (χ0) is 9.26. The Kier molecular flexibility index (Phi) is 5.36. The summed E-state index contributed by atoms with van der Waals surface area (Å²) >= 11 is 0. The van der Waals surface area contributed by atoms with E-state index in [0.29, 0.717) is 12.1 Å². The molecule has 0 unspecified atom stereocenters. The van der Waals surface area contributed by atoms with Crippen LogP contribution in [0.1, 0.15) is 5.56 Å². The molecule has 0 saturated heterocycles. The molecule has 0 radical (unpaired) electrons. The second-order valence-corrected chi connectivity index (χ2v) is 2.85. The smallest absolute Gasteiger partial charge is 0.146 e. The van der Waals surface area contributed by atoms with Crippen LogP contribution in [0.2, 0.25) is 0 Å². The van der Waals surface area contributed by atoms with Crippen molar-refractivity contribution in [3.05, 3.63) is 36.0 Å². The number of phenolic OH excluding ortho intramolecular Hbond substituents is 1. The van der Waals surface area contributed by atoms with E-state index in [1.54, 1.807) is 6.20 Å². The van der Waals surface area contributed by atoms with Gasteiger partial charge in [0.15, 0.2) is 0 Å². The van der Waals surface area contributed by atoms with E-state index in [9.17, 15) is 5.11 Å². The molecule has 3 nitrogen and oxygen atoms in total. The lowest BCUT2D eigenvalue weighted by atomic mass is 10.1. The predicted molar refractivity (Wildman–Crippen MR) is 65.8 cm³/mol. The van der Waals surface area contributed by atoms with E-state index in [2.05, 4.69) is 4.98 Å². The first kappa shape index (κ1) is 14.0. The summed E-state index contributed by atoms with van der Waals surface area (Å²) in [4.78, 5) is 4.08. The second kappa shape index (κ2) is 5.75. The van der Waals surface area contributed by atoms with Gasteiger partial charge in [0.1, 0.15) is 11.3 Å². The number of hydrogen-bond donors (Lipinski definition) is 2. The van der Waals surface area contributed by atoms with Crippen LogP contribution in [0.25, 0.3) is 10.9 Å². The summed E-state index contributed by atoms with van der Waals surface area (Å²) < 4.78 is 0. The number of halogens is 2. The van der Waals surface area contributed by atoms with Crippen molar-refractivity contribution in [2.45, 2.75) is 6.54 Å². The molecule has 0 bridgehead atoms. The first-order chi connectivity index (χ1) is 6.33. The van der Waals surface area contributed by atoms with Crippen LogP contribution in [0.15, 0.2) is 30.5 Å². The lowest BCUT2D eigenvalue weighted by Gasteiger charge is -2.03.